The number of nitrogens with two attached hydrogens (primary N) is 1. The summed E-state index contributed by atoms with van der Waals surface area (Å²) in [5.41, 5.74) is 5.44. The third-order valence-corrected chi connectivity index (χ3v) is 4.22. The van der Waals surface area contributed by atoms with Crippen LogP contribution in [0.2, 0.25) is 0 Å². The number of nitrogens with zero attached hydrogens (tertiary/aromatic N) is 1. The number of piperidine rings is 1. The lowest BCUT2D eigenvalue weighted by atomic mass is 9.93. The number of likely N-dealkylation sites (tertiary alicyclic amines) is 1. The van der Waals surface area contributed by atoms with E-state index in [1.54, 1.807) is 0 Å². The first-order chi connectivity index (χ1) is 9.77. The summed E-state index contributed by atoms with van der Waals surface area (Å²) in [6, 6.07) is 0.179. The van der Waals surface area contributed by atoms with Crippen LogP contribution in [0.1, 0.15) is 40.0 Å². The monoisotopic (exact) mass is 293 g/mol. The average Bonchev–Trinajstić information content (AvgIpc) is 2.84. The number of rotatable bonds is 2. The normalized spacial score (nSPS) is 27.0. The van der Waals surface area contributed by atoms with Gasteiger partial charge in [-0.3, -0.25) is 9.59 Å². The molecule has 5 nitrogen and oxygen atoms in total. The summed E-state index contributed by atoms with van der Waals surface area (Å²) < 4.78 is 0. The van der Waals surface area contributed by atoms with Crippen LogP contribution >= 0.6 is 0 Å². The minimum Gasteiger partial charge on any atom is -0.353 e. The van der Waals surface area contributed by atoms with Gasteiger partial charge in [0.25, 0.3) is 0 Å². The number of amides is 2. The molecule has 1 aliphatic carbocycles. The lowest BCUT2D eigenvalue weighted by Crippen LogP contribution is -2.50. The summed E-state index contributed by atoms with van der Waals surface area (Å²) in [6.07, 6.45) is 6.16. The van der Waals surface area contributed by atoms with Crippen molar-refractivity contribution in [2.45, 2.75) is 52.1 Å². The van der Waals surface area contributed by atoms with Gasteiger partial charge < -0.3 is 16.0 Å². The third-order valence-electron chi connectivity index (χ3n) is 4.22. The predicted molar refractivity (Wildman–Crippen MR) is 82.4 cm³/mol. The minimum atomic E-state index is -0.332. The molecule has 0 spiro atoms. The molecule has 1 fully saturated rings. The predicted octanol–water partition coefficient (Wildman–Crippen LogP) is 1.04. The van der Waals surface area contributed by atoms with Crippen LogP contribution in [-0.4, -0.2) is 41.9 Å². The van der Waals surface area contributed by atoms with Crippen LogP contribution in [0.5, 0.6) is 0 Å². The zero-order valence-electron chi connectivity index (χ0n) is 13.3. The van der Waals surface area contributed by atoms with Crippen LogP contribution in [0.25, 0.3) is 0 Å². The van der Waals surface area contributed by atoms with Crippen molar-refractivity contribution < 1.29 is 9.59 Å². The van der Waals surface area contributed by atoms with Crippen LogP contribution in [0.15, 0.2) is 12.2 Å². The van der Waals surface area contributed by atoms with Crippen molar-refractivity contribution in [3.8, 4) is 0 Å². The van der Waals surface area contributed by atoms with E-state index in [2.05, 4.69) is 5.32 Å². The summed E-state index contributed by atoms with van der Waals surface area (Å²) in [4.78, 5) is 26.3. The quantitative estimate of drug-likeness (QED) is 0.747. The lowest BCUT2D eigenvalue weighted by molar-refractivity contribution is -0.140. The van der Waals surface area contributed by atoms with E-state index in [-0.39, 0.29) is 35.2 Å². The fourth-order valence-corrected chi connectivity index (χ4v) is 2.93. The topological polar surface area (TPSA) is 75.4 Å². The molecule has 2 amide bonds. The number of hydrogen-bond donors (Lipinski definition) is 2. The highest BCUT2D eigenvalue weighted by molar-refractivity contribution is 5.82. The van der Waals surface area contributed by atoms with Gasteiger partial charge in [0.15, 0.2) is 0 Å². The zero-order valence-corrected chi connectivity index (χ0v) is 13.3. The molecule has 0 aromatic rings. The van der Waals surface area contributed by atoms with Crippen molar-refractivity contribution in [2.24, 2.45) is 17.1 Å². The van der Waals surface area contributed by atoms with Gasteiger partial charge in [0.1, 0.15) is 0 Å². The molecule has 1 heterocycles. The van der Waals surface area contributed by atoms with Gasteiger partial charge >= 0.3 is 0 Å². The van der Waals surface area contributed by atoms with Gasteiger partial charge in [0.05, 0.1) is 5.92 Å². The largest absolute Gasteiger partial charge is 0.353 e. The SMILES string of the molecule is CC(C)(C)C(=O)N1CCC(NC(=O)C2C=CC(N)C2)CC1. The van der Waals surface area contributed by atoms with Crippen LogP contribution in [0.4, 0.5) is 0 Å². The lowest BCUT2D eigenvalue weighted by Gasteiger charge is -2.36. The first-order valence-corrected chi connectivity index (χ1v) is 7.81. The highest BCUT2D eigenvalue weighted by atomic mass is 16.2. The van der Waals surface area contributed by atoms with Crippen LogP contribution in [0.3, 0.4) is 0 Å². The van der Waals surface area contributed by atoms with Gasteiger partial charge in [-0.25, -0.2) is 0 Å². The van der Waals surface area contributed by atoms with E-state index in [4.69, 9.17) is 5.73 Å². The Kier molecular flexibility index (Phi) is 4.71. The molecule has 118 valence electrons. The Bertz CT molecular complexity index is 431. The highest BCUT2D eigenvalue weighted by Gasteiger charge is 2.31. The van der Waals surface area contributed by atoms with Crippen LogP contribution in [0, 0.1) is 11.3 Å². The van der Waals surface area contributed by atoms with Crippen molar-refractivity contribution in [3.63, 3.8) is 0 Å². The van der Waals surface area contributed by atoms with Crippen molar-refractivity contribution in [2.75, 3.05) is 13.1 Å². The van der Waals surface area contributed by atoms with Gasteiger partial charge in [-0.2, -0.15) is 0 Å². The van der Waals surface area contributed by atoms with E-state index < -0.39 is 0 Å². The van der Waals surface area contributed by atoms with Crippen LogP contribution < -0.4 is 11.1 Å². The Balaban J connectivity index is 1.78. The van der Waals surface area contributed by atoms with E-state index in [0.717, 1.165) is 25.9 Å². The zero-order chi connectivity index (χ0) is 15.6. The van der Waals surface area contributed by atoms with E-state index in [1.165, 1.54) is 0 Å². The molecule has 0 aromatic carbocycles. The molecule has 2 aliphatic rings. The Morgan fingerprint density at radius 3 is 2.29 bits per heavy atom. The van der Waals surface area contributed by atoms with Gasteiger partial charge in [-0.1, -0.05) is 32.9 Å². The van der Waals surface area contributed by atoms with Gasteiger partial charge in [-0.15, -0.1) is 0 Å². The standard InChI is InChI=1S/C16H27N3O2/c1-16(2,3)15(21)19-8-6-13(7-9-19)18-14(20)11-4-5-12(17)10-11/h4-5,11-13H,6-10,17H2,1-3H3,(H,18,20). The molecule has 2 atom stereocenters. The molecule has 2 unspecified atom stereocenters. The molecule has 1 saturated heterocycles. The molecule has 0 radical (unpaired) electrons. The number of hydrogen-bond acceptors (Lipinski definition) is 3. The summed E-state index contributed by atoms with van der Waals surface area (Å²) in [7, 11) is 0. The summed E-state index contributed by atoms with van der Waals surface area (Å²) in [6.45, 7) is 7.28. The summed E-state index contributed by atoms with van der Waals surface area (Å²) >= 11 is 0. The van der Waals surface area contributed by atoms with Gasteiger partial charge in [0.2, 0.25) is 11.8 Å². The van der Waals surface area contributed by atoms with Crippen LogP contribution in [-0.2, 0) is 9.59 Å². The number of carbonyl (C=O) groups excluding carboxylic acids is 2. The summed E-state index contributed by atoms with van der Waals surface area (Å²) in [5, 5.41) is 3.10. The second kappa shape index (κ2) is 6.18. The van der Waals surface area contributed by atoms with Crippen molar-refractivity contribution in [3.05, 3.63) is 12.2 Å². The number of nitrogens with one attached hydrogen (secondary N) is 1. The van der Waals surface area contributed by atoms with Crippen molar-refractivity contribution in [1.29, 1.82) is 0 Å². The maximum Gasteiger partial charge on any atom is 0.227 e. The molecule has 0 bridgehead atoms. The fourth-order valence-electron chi connectivity index (χ4n) is 2.93. The molecular formula is C16H27N3O2. The van der Waals surface area contributed by atoms with Gasteiger partial charge in [-0.05, 0) is 19.3 Å². The second-order valence-electron chi connectivity index (χ2n) is 7.22. The second-order valence-corrected chi connectivity index (χ2v) is 7.22. The Morgan fingerprint density at radius 2 is 1.81 bits per heavy atom. The maximum absolute atomic E-state index is 12.2. The minimum absolute atomic E-state index is 0.00649. The molecule has 1 aliphatic heterocycles. The Morgan fingerprint density at radius 1 is 1.19 bits per heavy atom. The molecule has 0 aromatic heterocycles. The van der Waals surface area contributed by atoms with E-state index in [1.807, 2.05) is 37.8 Å². The molecule has 0 saturated carbocycles. The Hall–Kier alpha value is -1.36. The smallest absolute Gasteiger partial charge is 0.227 e. The van der Waals surface area contributed by atoms with E-state index in [9.17, 15) is 9.59 Å². The molecule has 2 rings (SSSR count). The highest BCUT2D eigenvalue weighted by Crippen LogP contribution is 2.22. The van der Waals surface area contributed by atoms with Gasteiger partial charge in [0, 0.05) is 30.6 Å². The molecule has 5 heteroatoms. The van der Waals surface area contributed by atoms with E-state index in [0.29, 0.717) is 6.42 Å². The Labute approximate surface area is 126 Å². The van der Waals surface area contributed by atoms with E-state index >= 15 is 0 Å². The van der Waals surface area contributed by atoms with Crippen molar-refractivity contribution in [1.82, 2.24) is 10.2 Å². The first kappa shape index (κ1) is 16.0. The average molecular weight is 293 g/mol. The molecular weight excluding hydrogens is 266 g/mol. The summed E-state index contributed by atoms with van der Waals surface area (Å²) in [5.74, 6) is 0.172. The van der Waals surface area contributed by atoms with Crippen molar-refractivity contribution >= 4 is 11.8 Å². The molecule has 3 N–H and O–H groups in total. The third kappa shape index (κ3) is 4.06. The molecule has 21 heavy (non-hydrogen) atoms. The maximum atomic E-state index is 12.2. The first-order valence-electron chi connectivity index (χ1n) is 7.81. The fraction of sp³-hybridized carbons (Fsp3) is 0.750. The number of carbonyl (C=O) groups is 2.